The fourth-order valence-corrected chi connectivity index (χ4v) is 4.07. The predicted molar refractivity (Wildman–Crippen MR) is 110 cm³/mol. The summed E-state index contributed by atoms with van der Waals surface area (Å²) >= 11 is 7.50. The molecule has 0 N–H and O–H groups in total. The Hall–Kier alpha value is -2.76. The summed E-state index contributed by atoms with van der Waals surface area (Å²) in [6, 6.07) is 15.2. The van der Waals surface area contributed by atoms with Crippen LogP contribution in [0.1, 0.15) is 22.3 Å². The van der Waals surface area contributed by atoms with Gasteiger partial charge in [0, 0.05) is 28.1 Å². The third kappa shape index (κ3) is 3.44. The standard InChI is InChI=1S/C21H16ClN3OS/c1-2-11-25-19(14-7-9-15(22)10-8-14)13-27-21(25)24-23-18-12-20(26)17-6-4-3-5-16(17)18/h2-10,13H,1,11-12H2. The summed E-state index contributed by atoms with van der Waals surface area (Å²) < 4.78 is 2.05. The molecule has 1 aliphatic rings. The van der Waals surface area contributed by atoms with E-state index in [2.05, 4.69) is 16.8 Å². The number of Topliss-reactive ketones (excluding diaryl/α,β-unsaturated/α-hetero) is 1. The van der Waals surface area contributed by atoms with Crippen molar-refractivity contribution in [2.24, 2.45) is 10.2 Å². The van der Waals surface area contributed by atoms with Crippen LogP contribution >= 0.6 is 22.9 Å². The van der Waals surface area contributed by atoms with E-state index >= 15 is 0 Å². The molecule has 0 atom stereocenters. The molecule has 0 amide bonds. The number of carbonyl (C=O) groups excluding carboxylic acids is 1. The number of ketones is 1. The van der Waals surface area contributed by atoms with E-state index in [1.165, 1.54) is 11.3 Å². The Balaban J connectivity index is 1.77. The van der Waals surface area contributed by atoms with Crippen LogP contribution in [0.15, 0.2) is 76.8 Å². The van der Waals surface area contributed by atoms with Crippen molar-refractivity contribution < 1.29 is 4.79 Å². The zero-order chi connectivity index (χ0) is 18.8. The molecule has 1 heterocycles. The molecule has 0 unspecified atom stereocenters. The molecule has 27 heavy (non-hydrogen) atoms. The predicted octanol–water partition coefficient (Wildman–Crippen LogP) is 4.95. The molecule has 134 valence electrons. The molecule has 0 spiro atoms. The second kappa shape index (κ2) is 7.47. The number of halogens is 1. The Labute approximate surface area is 165 Å². The normalized spacial score (nSPS) is 15.4. The second-order valence-corrected chi connectivity index (χ2v) is 7.37. The van der Waals surface area contributed by atoms with Crippen LogP contribution in [-0.4, -0.2) is 16.1 Å². The zero-order valence-corrected chi connectivity index (χ0v) is 16.0. The number of fused-ring (bicyclic) bond motifs is 1. The fourth-order valence-electron chi connectivity index (χ4n) is 3.08. The van der Waals surface area contributed by atoms with Crippen LogP contribution in [0.25, 0.3) is 11.3 Å². The molecular weight excluding hydrogens is 378 g/mol. The number of allylic oxidation sites excluding steroid dienone is 1. The van der Waals surface area contributed by atoms with Gasteiger partial charge in [-0.3, -0.25) is 4.79 Å². The Morgan fingerprint density at radius 3 is 2.59 bits per heavy atom. The molecule has 1 aliphatic carbocycles. The van der Waals surface area contributed by atoms with Gasteiger partial charge in [-0.2, -0.15) is 5.10 Å². The van der Waals surface area contributed by atoms with Crippen molar-refractivity contribution in [1.82, 2.24) is 4.57 Å². The summed E-state index contributed by atoms with van der Waals surface area (Å²) in [7, 11) is 0. The first-order valence-corrected chi connectivity index (χ1v) is 9.71. The fraction of sp³-hybridized carbons (Fsp3) is 0.0952. The van der Waals surface area contributed by atoms with E-state index in [1.807, 2.05) is 64.6 Å². The minimum absolute atomic E-state index is 0.0894. The SMILES string of the molecule is C=CCn1c(-c2ccc(Cl)cc2)csc1=NN=C1CC(=O)c2ccccc21. The van der Waals surface area contributed by atoms with Gasteiger partial charge < -0.3 is 4.57 Å². The summed E-state index contributed by atoms with van der Waals surface area (Å²) in [5.74, 6) is 0.0894. The molecule has 1 aromatic heterocycles. The third-order valence-electron chi connectivity index (χ3n) is 4.37. The van der Waals surface area contributed by atoms with Gasteiger partial charge in [-0.15, -0.1) is 23.0 Å². The average Bonchev–Trinajstić information content (AvgIpc) is 3.23. The van der Waals surface area contributed by atoms with Gasteiger partial charge in [-0.05, 0) is 17.7 Å². The molecule has 0 saturated carbocycles. The van der Waals surface area contributed by atoms with E-state index < -0.39 is 0 Å². The Morgan fingerprint density at radius 1 is 1.11 bits per heavy atom. The Kier molecular flexibility index (Phi) is 4.88. The lowest BCUT2D eigenvalue weighted by molar-refractivity contribution is 0.101. The minimum Gasteiger partial charge on any atom is -0.311 e. The molecule has 0 saturated heterocycles. The van der Waals surface area contributed by atoms with Crippen molar-refractivity contribution in [3.05, 3.63) is 87.5 Å². The summed E-state index contributed by atoms with van der Waals surface area (Å²) in [6.45, 7) is 4.46. The highest BCUT2D eigenvalue weighted by Crippen LogP contribution is 2.24. The molecule has 0 fully saturated rings. The topological polar surface area (TPSA) is 46.7 Å². The summed E-state index contributed by atoms with van der Waals surface area (Å²) in [5.41, 5.74) is 4.38. The van der Waals surface area contributed by atoms with E-state index in [0.29, 0.717) is 23.7 Å². The van der Waals surface area contributed by atoms with Crippen LogP contribution in [0.3, 0.4) is 0 Å². The molecule has 3 aromatic rings. The van der Waals surface area contributed by atoms with Crippen LogP contribution in [0, 0.1) is 0 Å². The van der Waals surface area contributed by atoms with Crippen molar-refractivity contribution in [3.8, 4) is 11.3 Å². The van der Waals surface area contributed by atoms with Gasteiger partial charge in [0.05, 0.1) is 17.8 Å². The van der Waals surface area contributed by atoms with Gasteiger partial charge in [0.25, 0.3) is 0 Å². The number of benzene rings is 2. The van der Waals surface area contributed by atoms with Crippen LogP contribution in [0.4, 0.5) is 0 Å². The molecule has 4 rings (SSSR count). The van der Waals surface area contributed by atoms with Crippen molar-refractivity contribution in [1.29, 1.82) is 0 Å². The van der Waals surface area contributed by atoms with E-state index in [9.17, 15) is 4.79 Å². The summed E-state index contributed by atoms with van der Waals surface area (Å²) in [4.78, 5) is 12.9. The van der Waals surface area contributed by atoms with E-state index in [-0.39, 0.29) is 5.78 Å². The number of thiazole rings is 1. The maximum atomic E-state index is 12.1. The lowest BCUT2D eigenvalue weighted by Gasteiger charge is -2.06. The summed E-state index contributed by atoms with van der Waals surface area (Å²) in [6.07, 6.45) is 2.12. The third-order valence-corrected chi connectivity index (χ3v) is 5.48. The monoisotopic (exact) mass is 393 g/mol. The number of hydrogen-bond acceptors (Lipinski definition) is 4. The van der Waals surface area contributed by atoms with Crippen molar-refractivity contribution in [3.63, 3.8) is 0 Å². The molecule has 0 aliphatic heterocycles. The molecule has 2 aromatic carbocycles. The average molecular weight is 394 g/mol. The second-order valence-electron chi connectivity index (χ2n) is 6.10. The number of nitrogens with zero attached hydrogens (tertiary/aromatic N) is 3. The first-order chi connectivity index (χ1) is 13.2. The van der Waals surface area contributed by atoms with E-state index in [4.69, 9.17) is 11.6 Å². The molecule has 0 radical (unpaired) electrons. The van der Waals surface area contributed by atoms with Crippen molar-refractivity contribution >= 4 is 34.4 Å². The lowest BCUT2D eigenvalue weighted by atomic mass is 10.1. The molecule has 6 heteroatoms. The first-order valence-electron chi connectivity index (χ1n) is 8.45. The molecule has 4 nitrogen and oxygen atoms in total. The highest BCUT2D eigenvalue weighted by Gasteiger charge is 2.24. The van der Waals surface area contributed by atoms with Gasteiger partial charge in [-0.25, -0.2) is 0 Å². The number of carbonyl (C=O) groups is 1. The van der Waals surface area contributed by atoms with E-state index in [1.54, 1.807) is 0 Å². The number of aromatic nitrogens is 1. The largest absolute Gasteiger partial charge is 0.311 e. The molecule has 0 bridgehead atoms. The van der Waals surface area contributed by atoms with Crippen LogP contribution in [-0.2, 0) is 6.54 Å². The number of rotatable bonds is 4. The van der Waals surface area contributed by atoms with Crippen molar-refractivity contribution in [2.75, 3.05) is 0 Å². The quantitative estimate of drug-likeness (QED) is 0.457. The van der Waals surface area contributed by atoms with Gasteiger partial charge in [0.15, 0.2) is 5.78 Å². The summed E-state index contributed by atoms with van der Waals surface area (Å²) in [5, 5.41) is 11.6. The van der Waals surface area contributed by atoms with Gasteiger partial charge in [-0.1, -0.05) is 54.1 Å². The van der Waals surface area contributed by atoms with Crippen LogP contribution in [0.2, 0.25) is 5.02 Å². The van der Waals surface area contributed by atoms with Crippen LogP contribution in [0.5, 0.6) is 0 Å². The van der Waals surface area contributed by atoms with Gasteiger partial charge in [0.2, 0.25) is 4.80 Å². The first kappa shape index (κ1) is 17.6. The Bertz CT molecular complexity index is 1120. The lowest BCUT2D eigenvalue weighted by Crippen LogP contribution is -2.15. The minimum atomic E-state index is 0.0894. The van der Waals surface area contributed by atoms with E-state index in [0.717, 1.165) is 27.2 Å². The highest BCUT2D eigenvalue weighted by molar-refractivity contribution is 7.07. The zero-order valence-electron chi connectivity index (χ0n) is 14.4. The smallest absolute Gasteiger partial charge is 0.211 e. The maximum Gasteiger partial charge on any atom is 0.211 e. The van der Waals surface area contributed by atoms with Gasteiger partial charge >= 0.3 is 0 Å². The van der Waals surface area contributed by atoms with Gasteiger partial charge in [0.1, 0.15) is 0 Å². The Morgan fingerprint density at radius 2 is 1.85 bits per heavy atom. The van der Waals surface area contributed by atoms with Crippen LogP contribution < -0.4 is 4.80 Å². The van der Waals surface area contributed by atoms with Crippen molar-refractivity contribution in [2.45, 2.75) is 13.0 Å². The maximum absolute atomic E-state index is 12.1. The highest BCUT2D eigenvalue weighted by atomic mass is 35.5. The number of hydrogen-bond donors (Lipinski definition) is 0. The molecular formula is C21H16ClN3OS.